The van der Waals surface area contributed by atoms with E-state index in [1.165, 1.54) is 0 Å². The van der Waals surface area contributed by atoms with Gasteiger partial charge in [0.05, 0.1) is 11.8 Å². The van der Waals surface area contributed by atoms with Gasteiger partial charge in [-0.3, -0.25) is 0 Å². The van der Waals surface area contributed by atoms with E-state index >= 15 is 0 Å². The Hall–Kier alpha value is -1.14. The average molecular weight is 272 g/mol. The molecule has 0 aliphatic rings. The van der Waals surface area contributed by atoms with Crippen LogP contribution in [0, 0.1) is 0 Å². The minimum atomic E-state index is 0.0169. The van der Waals surface area contributed by atoms with Crippen molar-refractivity contribution in [1.82, 2.24) is 10.1 Å². The molecule has 0 bridgehead atoms. The van der Waals surface area contributed by atoms with Crippen LogP contribution in [0.15, 0.2) is 25.9 Å². The number of nitrogens with two attached hydrogens (primary N) is 1. The molecule has 0 fully saturated rings. The Bertz CT molecular complexity index is 450. The third-order valence-electron chi connectivity index (χ3n) is 1.82. The summed E-state index contributed by atoms with van der Waals surface area (Å²) in [6, 6.07) is 1.77. The molecule has 0 saturated carbocycles. The predicted molar refractivity (Wildman–Crippen MR) is 57.1 cm³/mol. The number of rotatable bonds is 3. The van der Waals surface area contributed by atoms with Gasteiger partial charge >= 0.3 is 0 Å². The lowest BCUT2D eigenvalue weighted by atomic mass is 10.2. The van der Waals surface area contributed by atoms with Gasteiger partial charge in [-0.05, 0) is 28.9 Å². The third kappa shape index (κ3) is 2.27. The van der Waals surface area contributed by atoms with Crippen LogP contribution in [-0.4, -0.2) is 16.2 Å². The van der Waals surface area contributed by atoms with Crippen molar-refractivity contribution in [3.05, 3.63) is 22.8 Å². The molecule has 0 aliphatic carbocycles. The van der Waals surface area contributed by atoms with Crippen LogP contribution < -0.4 is 5.73 Å². The molecular formula is C9H10BrN3O2. The van der Waals surface area contributed by atoms with E-state index in [-0.39, 0.29) is 6.04 Å². The molecule has 0 aromatic carbocycles. The highest BCUT2D eigenvalue weighted by atomic mass is 79.9. The van der Waals surface area contributed by atoms with Crippen molar-refractivity contribution in [3.63, 3.8) is 0 Å². The molecule has 2 rings (SSSR count). The van der Waals surface area contributed by atoms with E-state index < -0.39 is 0 Å². The van der Waals surface area contributed by atoms with Gasteiger partial charge < -0.3 is 14.7 Å². The Morgan fingerprint density at radius 2 is 2.40 bits per heavy atom. The summed E-state index contributed by atoms with van der Waals surface area (Å²) in [4.78, 5) is 4.21. The lowest BCUT2D eigenvalue weighted by Gasteiger charge is -1.96. The molecule has 2 aromatic rings. The Morgan fingerprint density at radius 1 is 1.60 bits per heavy atom. The van der Waals surface area contributed by atoms with Crippen LogP contribution in [-0.2, 0) is 6.42 Å². The molecular weight excluding hydrogens is 262 g/mol. The van der Waals surface area contributed by atoms with Gasteiger partial charge in [0.15, 0.2) is 10.5 Å². The fourth-order valence-corrected chi connectivity index (χ4v) is 1.59. The van der Waals surface area contributed by atoms with Gasteiger partial charge in [-0.1, -0.05) is 5.16 Å². The molecule has 2 heterocycles. The molecule has 0 amide bonds. The van der Waals surface area contributed by atoms with Crippen LogP contribution in [0.5, 0.6) is 0 Å². The quantitative estimate of drug-likeness (QED) is 0.924. The second-order valence-electron chi connectivity index (χ2n) is 3.31. The smallest absolute Gasteiger partial charge is 0.262 e. The molecule has 5 nitrogen and oxygen atoms in total. The summed E-state index contributed by atoms with van der Waals surface area (Å²) in [5, 5.41) is 3.82. The average Bonchev–Trinajstić information content (AvgIpc) is 2.72. The van der Waals surface area contributed by atoms with E-state index in [2.05, 4.69) is 26.1 Å². The fourth-order valence-electron chi connectivity index (χ4n) is 1.18. The molecule has 0 spiro atoms. The van der Waals surface area contributed by atoms with E-state index in [4.69, 9.17) is 14.7 Å². The van der Waals surface area contributed by atoms with Gasteiger partial charge in [-0.2, -0.15) is 4.98 Å². The van der Waals surface area contributed by atoms with Gasteiger partial charge in [0.25, 0.3) is 5.89 Å². The van der Waals surface area contributed by atoms with Crippen molar-refractivity contribution in [2.24, 2.45) is 5.73 Å². The van der Waals surface area contributed by atoms with Gasteiger partial charge in [-0.25, -0.2) is 0 Å². The zero-order valence-electron chi connectivity index (χ0n) is 8.11. The molecule has 2 N–H and O–H groups in total. The van der Waals surface area contributed by atoms with Gasteiger partial charge in [-0.15, -0.1) is 0 Å². The van der Waals surface area contributed by atoms with E-state index in [1.54, 1.807) is 12.3 Å². The van der Waals surface area contributed by atoms with Crippen LogP contribution in [0.3, 0.4) is 0 Å². The van der Waals surface area contributed by atoms with E-state index in [0.29, 0.717) is 22.8 Å². The van der Waals surface area contributed by atoms with Crippen LogP contribution in [0.4, 0.5) is 0 Å². The van der Waals surface area contributed by atoms with Gasteiger partial charge in [0.2, 0.25) is 0 Å². The van der Waals surface area contributed by atoms with Crippen LogP contribution in [0.2, 0.25) is 0 Å². The zero-order chi connectivity index (χ0) is 10.8. The minimum absolute atomic E-state index is 0.0169. The molecule has 6 heteroatoms. The predicted octanol–water partition coefficient (Wildman–Crippen LogP) is 1.98. The largest absolute Gasteiger partial charge is 0.457 e. The molecule has 0 radical (unpaired) electrons. The maximum Gasteiger partial charge on any atom is 0.262 e. The van der Waals surface area contributed by atoms with E-state index in [0.717, 1.165) is 5.56 Å². The molecule has 1 unspecified atom stereocenters. The first-order chi connectivity index (χ1) is 7.16. The summed E-state index contributed by atoms with van der Waals surface area (Å²) >= 11 is 3.24. The number of nitrogens with zero attached hydrogens (tertiary/aromatic N) is 2. The fraction of sp³-hybridized carbons (Fsp3) is 0.333. The number of hydrogen-bond donors (Lipinski definition) is 1. The van der Waals surface area contributed by atoms with Crippen molar-refractivity contribution in [3.8, 4) is 11.5 Å². The summed E-state index contributed by atoms with van der Waals surface area (Å²) in [6.45, 7) is 1.89. The third-order valence-corrected chi connectivity index (χ3v) is 2.44. The Balaban J connectivity index is 2.24. The number of aromatic nitrogens is 2. The Kier molecular flexibility index (Phi) is 2.88. The monoisotopic (exact) mass is 271 g/mol. The SMILES string of the molecule is CC(N)Cc1noc(-c2ccoc2Br)n1. The maximum absolute atomic E-state index is 5.63. The molecule has 0 saturated heterocycles. The van der Waals surface area contributed by atoms with Crippen molar-refractivity contribution in [2.45, 2.75) is 19.4 Å². The summed E-state index contributed by atoms with van der Waals surface area (Å²) < 4.78 is 10.7. The maximum atomic E-state index is 5.63. The standard InChI is InChI=1S/C9H10BrN3O2/c1-5(11)4-7-12-9(15-13-7)6-2-3-14-8(6)10/h2-3,5H,4,11H2,1H3. The summed E-state index contributed by atoms with van der Waals surface area (Å²) in [6.07, 6.45) is 2.15. The lowest BCUT2D eigenvalue weighted by Crippen LogP contribution is -2.18. The number of halogens is 1. The number of furan rings is 1. The first-order valence-corrected chi connectivity index (χ1v) is 5.27. The first-order valence-electron chi connectivity index (χ1n) is 4.48. The normalized spacial score (nSPS) is 13.0. The second kappa shape index (κ2) is 4.16. The van der Waals surface area contributed by atoms with Crippen molar-refractivity contribution >= 4 is 15.9 Å². The highest BCUT2D eigenvalue weighted by Gasteiger charge is 2.14. The summed E-state index contributed by atoms with van der Waals surface area (Å²) in [5.41, 5.74) is 6.38. The highest BCUT2D eigenvalue weighted by Crippen LogP contribution is 2.27. The highest BCUT2D eigenvalue weighted by molar-refractivity contribution is 9.10. The minimum Gasteiger partial charge on any atom is -0.457 e. The molecule has 80 valence electrons. The molecule has 1 atom stereocenters. The molecule has 15 heavy (non-hydrogen) atoms. The lowest BCUT2D eigenvalue weighted by molar-refractivity contribution is 0.419. The van der Waals surface area contributed by atoms with Crippen LogP contribution >= 0.6 is 15.9 Å². The van der Waals surface area contributed by atoms with Crippen LogP contribution in [0.1, 0.15) is 12.7 Å². The van der Waals surface area contributed by atoms with Crippen molar-refractivity contribution < 1.29 is 8.94 Å². The molecule has 0 aliphatic heterocycles. The number of hydrogen-bond acceptors (Lipinski definition) is 5. The van der Waals surface area contributed by atoms with E-state index in [9.17, 15) is 0 Å². The topological polar surface area (TPSA) is 78.1 Å². The van der Waals surface area contributed by atoms with Gasteiger partial charge in [0.1, 0.15) is 0 Å². The molecule has 2 aromatic heterocycles. The van der Waals surface area contributed by atoms with Crippen molar-refractivity contribution in [2.75, 3.05) is 0 Å². The van der Waals surface area contributed by atoms with Gasteiger partial charge in [0, 0.05) is 12.5 Å². The van der Waals surface area contributed by atoms with Crippen LogP contribution in [0.25, 0.3) is 11.5 Å². The summed E-state index contributed by atoms with van der Waals surface area (Å²) in [5.74, 6) is 1.04. The first kappa shape index (κ1) is 10.4. The Morgan fingerprint density at radius 3 is 3.00 bits per heavy atom. The second-order valence-corrected chi connectivity index (χ2v) is 4.03. The summed E-state index contributed by atoms with van der Waals surface area (Å²) in [7, 11) is 0. The Labute approximate surface area is 94.8 Å². The zero-order valence-corrected chi connectivity index (χ0v) is 9.69. The van der Waals surface area contributed by atoms with Crippen molar-refractivity contribution in [1.29, 1.82) is 0 Å². The van der Waals surface area contributed by atoms with E-state index in [1.807, 2.05) is 6.92 Å².